The maximum absolute atomic E-state index is 11.8. The van der Waals surface area contributed by atoms with Gasteiger partial charge in [0.2, 0.25) is 0 Å². The molecule has 1 aromatic carbocycles. The number of rotatable bonds is 5. The van der Waals surface area contributed by atoms with Crippen molar-refractivity contribution in [1.82, 2.24) is 16.2 Å². The van der Waals surface area contributed by atoms with Gasteiger partial charge in [0, 0.05) is 17.1 Å². The molecule has 1 rings (SSSR count). The van der Waals surface area contributed by atoms with E-state index in [1.54, 1.807) is 36.0 Å². The summed E-state index contributed by atoms with van der Waals surface area (Å²) < 4.78 is 0. The van der Waals surface area contributed by atoms with Crippen LogP contribution in [0, 0.1) is 0 Å². The zero-order valence-electron chi connectivity index (χ0n) is 10.5. The molecule has 0 aliphatic rings. The lowest BCUT2D eigenvalue weighted by atomic mass is 10.2. The van der Waals surface area contributed by atoms with E-state index >= 15 is 0 Å². The van der Waals surface area contributed by atoms with Crippen LogP contribution in [-0.4, -0.2) is 29.6 Å². The Morgan fingerprint density at radius 2 is 2.21 bits per heavy atom. The molecular formula is C12H16ClN3OS2. The molecule has 0 saturated heterocycles. The second-order valence-corrected chi connectivity index (χ2v) is 5.52. The minimum atomic E-state index is -0.282. The summed E-state index contributed by atoms with van der Waals surface area (Å²) in [6.45, 7) is 0.777. The third-order valence-electron chi connectivity index (χ3n) is 2.19. The highest BCUT2D eigenvalue weighted by Crippen LogP contribution is 2.09. The van der Waals surface area contributed by atoms with Gasteiger partial charge >= 0.3 is 0 Å². The van der Waals surface area contributed by atoms with E-state index in [0.29, 0.717) is 15.7 Å². The molecule has 0 atom stereocenters. The predicted molar refractivity (Wildman–Crippen MR) is 85.7 cm³/mol. The first kappa shape index (κ1) is 16.1. The van der Waals surface area contributed by atoms with Crippen LogP contribution in [0.5, 0.6) is 0 Å². The van der Waals surface area contributed by atoms with Crippen LogP contribution in [0.15, 0.2) is 24.3 Å². The molecule has 1 amide bonds. The third kappa shape index (κ3) is 6.66. The lowest BCUT2D eigenvalue weighted by Crippen LogP contribution is -2.47. The maximum atomic E-state index is 11.8. The van der Waals surface area contributed by atoms with Gasteiger partial charge in [-0.05, 0) is 48.8 Å². The van der Waals surface area contributed by atoms with Crippen LogP contribution in [-0.2, 0) is 0 Å². The second-order valence-electron chi connectivity index (χ2n) is 3.69. The molecule has 0 saturated carbocycles. The molecule has 0 bridgehead atoms. The van der Waals surface area contributed by atoms with Crippen molar-refractivity contribution in [3.8, 4) is 0 Å². The topological polar surface area (TPSA) is 53.2 Å². The molecule has 0 fully saturated rings. The Bertz CT molecular complexity index is 443. The summed E-state index contributed by atoms with van der Waals surface area (Å²) in [5.74, 6) is 0.792. The van der Waals surface area contributed by atoms with E-state index in [9.17, 15) is 4.79 Å². The van der Waals surface area contributed by atoms with Crippen LogP contribution < -0.4 is 16.2 Å². The standard InChI is InChI=1S/C12H16ClN3OS2/c1-19-7-3-6-14-12(18)16-15-11(17)9-4-2-5-10(13)8-9/h2,4-5,8H,3,6-7H2,1H3,(H,15,17)(H2,14,16,18). The van der Waals surface area contributed by atoms with Crippen molar-refractivity contribution in [2.45, 2.75) is 6.42 Å². The first-order chi connectivity index (χ1) is 9.13. The molecule has 7 heteroatoms. The first-order valence-corrected chi connectivity index (χ1v) is 7.90. The summed E-state index contributed by atoms with van der Waals surface area (Å²) in [7, 11) is 0. The van der Waals surface area contributed by atoms with Crippen molar-refractivity contribution in [3.05, 3.63) is 34.9 Å². The molecule has 0 aromatic heterocycles. The highest BCUT2D eigenvalue weighted by atomic mass is 35.5. The fraction of sp³-hybridized carbons (Fsp3) is 0.333. The normalized spacial score (nSPS) is 9.79. The largest absolute Gasteiger partial charge is 0.361 e. The summed E-state index contributed by atoms with van der Waals surface area (Å²) in [5, 5.41) is 3.92. The van der Waals surface area contributed by atoms with E-state index in [4.69, 9.17) is 23.8 Å². The summed E-state index contributed by atoms with van der Waals surface area (Å²) >= 11 is 12.6. The number of thiocarbonyl (C=S) groups is 1. The highest BCUT2D eigenvalue weighted by molar-refractivity contribution is 7.98. The summed E-state index contributed by atoms with van der Waals surface area (Å²) in [5.41, 5.74) is 5.64. The van der Waals surface area contributed by atoms with Crippen LogP contribution in [0.1, 0.15) is 16.8 Å². The molecule has 0 aliphatic heterocycles. The van der Waals surface area contributed by atoms with Gasteiger partial charge in [-0.3, -0.25) is 15.6 Å². The number of hydrazine groups is 1. The van der Waals surface area contributed by atoms with E-state index in [1.165, 1.54) is 0 Å². The van der Waals surface area contributed by atoms with Crippen molar-refractivity contribution < 1.29 is 4.79 Å². The Morgan fingerprint density at radius 3 is 2.89 bits per heavy atom. The SMILES string of the molecule is CSCCCNC(=S)NNC(=O)c1cccc(Cl)c1. The molecule has 3 N–H and O–H groups in total. The Morgan fingerprint density at radius 1 is 1.42 bits per heavy atom. The zero-order valence-corrected chi connectivity index (χ0v) is 12.9. The van der Waals surface area contributed by atoms with Crippen molar-refractivity contribution in [1.29, 1.82) is 0 Å². The summed E-state index contributed by atoms with van der Waals surface area (Å²) in [6, 6.07) is 6.70. The average molecular weight is 318 g/mol. The molecule has 0 heterocycles. The maximum Gasteiger partial charge on any atom is 0.269 e. The van der Waals surface area contributed by atoms with Gasteiger partial charge in [-0.25, -0.2) is 0 Å². The molecule has 4 nitrogen and oxygen atoms in total. The van der Waals surface area contributed by atoms with E-state index in [1.807, 2.05) is 0 Å². The quantitative estimate of drug-likeness (QED) is 0.441. The van der Waals surface area contributed by atoms with Crippen molar-refractivity contribution in [2.24, 2.45) is 0 Å². The smallest absolute Gasteiger partial charge is 0.269 e. The molecular weight excluding hydrogens is 302 g/mol. The number of benzene rings is 1. The average Bonchev–Trinajstić information content (AvgIpc) is 2.41. The van der Waals surface area contributed by atoms with E-state index < -0.39 is 0 Å². The number of hydrogen-bond donors (Lipinski definition) is 3. The zero-order chi connectivity index (χ0) is 14.1. The van der Waals surface area contributed by atoms with E-state index in [0.717, 1.165) is 18.7 Å². The fourth-order valence-corrected chi connectivity index (χ4v) is 2.05. The lowest BCUT2D eigenvalue weighted by molar-refractivity contribution is 0.0943. The third-order valence-corrected chi connectivity index (χ3v) is 3.37. The van der Waals surface area contributed by atoms with Crippen molar-refractivity contribution >= 4 is 46.6 Å². The summed E-state index contributed by atoms with van der Waals surface area (Å²) in [6.07, 6.45) is 3.08. The Labute approximate surface area is 127 Å². The van der Waals surface area contributed by atoms with Gasteiger partial charge in [0.05, 0.1) is 0 Å². The number of thioether (sulfide) groups is 1. The van der Waals surface area contributed by atoms with Gasteiger partial charge in [-0.15, -0.1) is 0 Å². The van der Waals surface area contributed by atoms with E-state index in [2.05, 4.69) is 22.4 Å². The van der Waals surface area contributed by atoms with Gasteiger partial charge in [0.15, 0.2) is 5.11 Å². The molecule has 19 heavy (non-hydrogen) atoms. The summed E-state index contributed by atoms with van der Waals surface area (Å²) in [4.78, 5) is 11.8. The van der Waals surface area contributed by atoms with Crippen LogP contribution >= 0.6 is 35.6 Å². The number of halogens is 1. The molecule has 0 aliphatic carbocycles. The first-order valence-electron chi connectivity index (χ1n) is 5.72. The molecule has 104 valence electrons. The van der Waals surface area contributed by atoms with Gasteiger partial charge in [-0.1, -0.05) is 17.7 Å². The Kier molecular flexibility index (Phi) is 7.62. The van der Waals surface area contributed by atoms with Crippen molar-refractivity contribution in [3.63, 3.8) is 0 Å². The van der Waals surface area contributed by atoms with Crippen LogP contribution in [0.25, 0.3) is 0 Å². The lowest BCUT2D eigenvalue weighted by Gasteiger charge is -2.11. The van der Waals surface area contributed by atoms with Gasteiger partial charge in [-0.2, -0.15) is 11.8 Å². The molecule has 0 unspecified atom stereocenters. The Hall–Kier alpha value is -0.980. The minimum Gasteiger partial charge on any atom is -0.361 e. The minimum absolute atomic E-state index is 0.282. The number of hydrogen-bond acceptors (Lipinski definition) is 3. The molecule has 1 aromatic rings. The fourth-order valence-electron chi connectivity index (χ4n) is 1.28. The Balaban J connectivity index is 2.28. The van der Waals surface area contributed by atoms with E-state index in [-0.39, 0.29) is 5.91 Å². The van der Waals surface area contributed by atoms with Crippen LogP contribution in [0.3, 0.4) is 0 Å². The van der Waals surface area contributed by atoms with Gasteiger partial charge < -0.3 is 5.32 Å². The number of nitrogens with one attached hydrogen (secondary N) is 3. The van der Waals surface area contributed by atoms with Gasteiger partial charge in [0.1, 0.15) is 0 Å². The van der Waals surface area contributed by atoms with Crippen LogP contribution in [0.4, 0.5) is 0 Å². The number of amides is 1. The predicted octanol–water partition coefficient (Wildman–Crippen LogP) is 2.20. The van der Waals surface area contributed by atoms with Crippen molar-refractivity contribution in [2.75, 3.05) is 18.6 Å². The second kappa shape index (κ2) is 9.01. The number of carbonyl (C=O) groups is 1. The van der Waals surface area contributed by atoms with Crippen LogP contribution in [0.2, 0.25) is 5.02 Å². The molecule has 0 radical (unpaired) electrons. The van der Waals surface area contributed by atoms with Gasteiger partial charge in [0.25, 0.3) is 5.91 Å². The monoisotopic (exact) mass is 317 g/mol. The molecule has 0 spiro atoms. The highest BCUT2D eigenvalue weighted by Gasteiger charge is 2.05. The number of carbonyl (C=O) groups excluding carboxylic acids is 1.